The van der Waals surface area contributed by atoms with E-state index in [1.807, 2.05) is 24.3 Å². The molecule has 0 saturated carbocycles. The van der Waals surface area contributed by atoms with E-state index >= 15 is 0 Å². The topological polar surface area (TPSA) is 59.6 Å². The molecule has 1 aliphatic rings. The second-order valence-corrected chi connectivity index (χ2v) is 5.54. The summed E-state index contributed by atoms with van der Waals surface area (Å²) in [6, 6.07) is 7.48. The van der Waals surface area contributed by atoms with Gasteiger partial charge < -0.3 is 20.1 Å². The smallest absolute Gasteiger partial charge is 0.238 e. The third-order valence-electron chi connectivity index (χ3n) is 3.59. The van der Waals surface area contributed by atoms with Crippen LogP contribution in [-0.4, -0.2) is 38.3 Å². The largest absolute Gasteiger partial charge is 0.494 e. The number of carbonyl (C=O) groups is 1. The van der Waals surface area contributed by atoms with Crippen LogP contribution in [0.15, 0.2) is 24.3 Å². The molecule has 0 aromatic heterocycles. The summed E-state index contributed by atoms with van der Waals surface area (Å²) in [5.74, 6) is 0.792. The van der Waals surface area contributed by atoms with Crippen molar-refractivity contribution in [2.24, 2.45) is 0 Å². The minimum atomic E-state index is -0.0438. The number of ether oxygens (including phenoxy) is 2. The molecule has 1 heterocycles. The Morgan fingerprint density at radius 2 is 2.18 bits per heavy atom. The predicted molar refractivity (Wildman–Crippen MR) is 87.3 cm³/mol. The van der Waals surface area contributed by atoms with Crippen molar-refractivity contribution < 1.29 is 14.3 Å². The molecule has 2 rings (SSSR count). The lowest BCUT2D eigenvalue weighted by molar-refractivity contribution is -0.115. The third-order valence-corrected chi connectivity index (χ3v) is 3.59. The van der Waals surface area contributed by atoms with Gasteiger partial charge in [-0.1, -0.05) is 13.3 Å². The molecule has 1 fully saturated rings. The number of nitrogens with one attached hydrogen (secondary N) is 2. The Morgan fingerprint density at radius 1 is 1.36 bits per heavy atom. The number of hydrogen-bond donors (Lipinski definition) is 2. The van der Waals surface area contributed by atoms with E-state index in [1.54, 1.807) is 0 Å². The minimum Gasteiger partial charge on any atom is -0.494 e. The van der Waals surface area contributed by atoms with E-state index in [0.29, 0.717) is 6.54 Å². The summed E-state index contributed by atoms with van der Waals surface area (Å²) in [6.45, 7) is 4.74. The second kappa shape index (κ2) is 9.43. The number of amides is 1. The molecular weight excluding hydrogens is 280 g/mol. The lowest BCUT2D eigenvalue weighted by atomic mass is 10.2. The van der Waals surface area contributed by atoms with Crippen molar-refractivity contribution in [2.75, 3.05) is 31.6 Å². The Kier molecular flexibility index (Phi) is 7.19. The maximum Gasteiger partial charge on any atom is 0.238 e. The average molecular weight is 306 g/mol. The summed E-state index contributed by atoms with van der Waals surface area (Å²) >= 11 is 0. The van der Waals surface area contributed by atoms with E-state index in [1.165, 1.54) is 0 Å². The highest BCUT2D eigenvalue weighted by Crippen LogP contribution is 2.16. The fourth-order valence-electron chi connectivity index (χ4n) is 2.33. The summed E-state index contributed by atoms with van der Waals surface area (Å²) in [7, 11) is 0. The van der Waals surface area contributed by atoms with Gasteiger partial charge in [0.05, 0.1) is 19.3 Å². The molecular formula is C17H26N2O3. The Morgan fingerprint density at radius 3 is 2.86 bits per heavy atom. The van der Waals surface area contributed by atoms with Gasteiger partial charge >= 0.3 is 0 Å². The molecule has 1 amide bonds. The van der Waals surface area contributed by atoms with Gasteiger partial charge in [-0.25, -0.2) is 0 Å². The van der Waals surface area contributed by atoms with E-state index in [2.05, 4.69) is 17.6 Å². The normalized spacial score (nSPS) is 17.4. The zero-order valence-electron chi connectivity index (χ0n) is 13.3. The lowest BCUT2D eigenvalue weighted by Crippen LogP contribution is -2.33. The Bertz CT molecular complexity index is 442. The molecule has 1 aromatic rings. The van der Waals surface area contributed by atoms with Crippen LogP contribution in [0.3, 0.4) is 0 Å². The highest BCUT2D eigenvalue weighted by molar-refractivity contribution is 5.92. The zero-order chi connectivity index (χ0) is 15.6. The van der Waals surface area contributed by atoms with Gasteiger partial charge in [-0.15, -0.1) is 0 Å². The molecule has 2 N–H and O–H groups in total. The van der Waals surface area contributed by atoms with E-state index in [4.69, 9.17) is 9.47 Å². The molecule has 5 nitrogen and oxygen atoms in total. The van der Waals surface area contributed by atoms with Gasteiger partial charge in [-0.05, 0) is 43.5 Å². The van der Waals surface area contributed by atoms with Crippen LogP contribution in [0.2, 0.25) is 0 Å². The Labute approximate surface area is 132 Å². The maximum atomic E-state index is 11.8. The van der Waals surface area contributed by atoms with Gasteiger partial charge in [-0.3, -0.25) is 4.79 Å². The monoisotopic (exact) mass is 306 g/mol. The van der Waals surface area contributed by atoms with Crippen molar-refractivity contribution in [3.05, 3.63) is 24.3 Å². The Hall–Kier alpha value is -1.59. The lowest BCUT2D eigenvalue weighted by Gasteiger charge is -2.11. The minimum absolute atomic E-state index is 0.0438. The van der Waals surface area contributed by atoms with Crippen LogP contribution in [0.4, 0.5) is 5.69 Å². The van der Waals surface area contributed by atoms with Gasteiger partial charge in [0.1, 0.15) is 5.75 Å². The van der Waals surface area contributed by atoms with Gasteiger partial charge in [0, 0.05) is 18.8 Å². The first-order chi connectivity index (χ1) is 10.8. The van der Waals surface area contributed by atoms with Gasteiger partial charge in [0.15, 0.2) is 0 Å². The van der Waals surface area contributed by atoms with Crippen molar-refractivity contribution in [2.45, 2.75) is 38.7 Å². The molecule has 1 aliphatic heterocycles. The summed E-state index contributed by atoms with van der Waals surface area (Å²) in [5, 5.41) is 6.00. The third kappa shape index (κ3) is 6.03. The fourth-order valence-corrected chi connectivity index (χ4v) is 2.33. The van der Waals surface area contributed by atoms with Crippen molar-refractivity contribution in [3.63, 3.8) is 0 Å². The van der Waals surface area contributed by atoms with Gasteiger partial charge in [0.25, 0.3) is 0 Å². The predicted octanol–water partition coefficient (Wildman–Crippen LogP) is 2.57. The van der Waals surface area contributed by atoms with Crippen LogP contribution in [0, 0.1) is 0 Å². The average Bonchev–Trinajstić information content (AvgIpc) is 3.03. The van der Waals surface area contributed by atoms with Crippen molar-refractivity contribution in [1.82, 2.24) is 5.32 Å². The van der Waals surface area contributed by atoms with Crippen molar-refractivity contribution >= 4 is 11.6 Å². The van der Waals surface area contributed by atoms with Crippen LogP contribution in [-0.2, 0) is 9.53 Å². The number of anilines is 1. The maximum absolute atomic E-state index is 11.8. The van der Waals surface area contributed by atoms with Crippen LogP contribution >= 0.6 is 0 Å². The van der Waals surface area contributed by atoms with Crippen LogP contribution < -0.4 is 15.4 Å². The van der Waals surface area contributed by atoms with Crippen LogP contribution in [0.5, 0.6) is 5.75 Å². The first-order valence-corrected chi connectivity index (χ1v) is 8.13. The number of unbranched alkanes of at least 4 members (excludes halogenated alkanes) is 1. The highest BCUT2D eigenvalue weighted by Gasteiger charge is 2.15. The van der Waals surface area contributed by atoms with Crippen LogP contribution in [0.25, 0.3) is 0 Å². The molecule has 1 atom stereocenters. The molecule has 122 valence electrons. The number of benzene rings is 1. The summed E-state index contributed by atoms with van der Waals surface area (Å²) in [6.07, 6.45) is 4.62. The van der Waals surface area contributed by atoms with E-state index < -0.39 is 0 Å². The quantitative estimate of drug-likeness (QED) is 0.688. The first-order valence-electron chi connectivity index (χ1n) is 8.13. The molecule has 0 spiro atoms. The Balaban J connectivity index is 1.65. The standard InChI is InChI=1S/C17H26N2O3/c1-2-3-10-21-15-8-6-14(7-9-15)19-17(20)13-18-12-16-5-4-11-22-16/h6-9,16,18H,2-5,10-13H2,1H3,(H,19,20). The first kappa shape index (κ1) is 16.8. The van der Waals surface area contributed by atoms with Gasteiger partial charge in [0.2, 0.25) is 5.91 Å². The van der Waals surface area contributed by atoms with E-state index in [9.17, 15) is 4.79 Å². The van der Waals surface area contributed by atoms with Crippen molar-refractivity contribution in [3.8, 4) is 5.75 Å². The summed E-state index contributed by atoms with van der Waals surface area (Å²) in [5.41, 5.74) is 0.784. The number of rotatable bonds is 9. The highest BCUT2D eigenvalue weighted by atomic mass is 16.5. The summed E-state index contributed by atoms with van der Waals surface area (Å²) < 4.78 is 11.1. The SMILES string of the molecule is CCCCOc1ccc(NC(=O)CNCC2CCCO2)cc1. The summed E-state index contributed by atoms with van der Waals surface area (Å²) in [4.78, 5) is 11.8. The zero-order valence-corrected chi connectivity index (χ0v) is 13.3. The van der Waals surface area contributed by atoms with E-state index in [-0.39, 0.29) is 12.0 Å². The number of carbonyl (C=O) groups excluding carboxylic acids is 1. The molecule has 0 radical (unpaired) electrons. The molecule has 0 aliphatic carbocycles. The molecule has 22 heavy (non-hydrogen) atoms. The molecule has 1 unspecified atom stereocenters. The van der Waals surface area contributed by atoms with Crippen LogP contribution in [0.1, 0.15) is 32.6 Å². The van der Waals surface area contributed by atoms with Gasteiger partial charge in [-0.2, -0.15) is 0 Å². The molecule has 0 bridgehead atoms. The van der Waals surface area contributed by atoms with Crippen molar-refractivity contribution in [1.29, 1.82) is 0 Å². The van der Waals surface area contributed by atoms with E-state index in [0.717, 1.165) is 56.9 Å². The molecule has 1 aromatic carbocycles. The fraction of sp³-hybridized carbons (Fsp3) is 0.588. The molecule has 1 saturated heterocycles. The second-order valence-electron chi connectivity index (χ2n) is 5.54. The molecule has 5 heteroatoms. The number of hydrogen-bond acceptors (Lipinski definition) is 4.